The molecule has 0 aliphatic carbocycles. The van der Waals surface area contributed by atoms with E-state index in [9.17, 15) is 19.7 Å². The summed E-state index contributed by atoms with van der Waals surface area (Å²) >= 11 is 0. The van der Waals surface area contributed by atoms with Crippen LogP contribution in [0.2, 0.25) is 0 Å². The summed E-state index contributed by atoms with van der Waals surface area (Å²) < 4.78 is 5.78. The summed E-state index contributed by atoms with van der Waals surface area (Å²) in [6.45, 7) is 1.93. The first-order valence-corrected chi connectivity index (χ1v) is 9.16. The number of carbonyl (C=O) groups excluding carboxylic acids is 2. The number of nitro groups is 1. The smallest absolute Gasteiger partial charge is 0.329 e. The maximum atomic E-state index is 12.6. The van der Waals surface area contributed by atoms with Gasteiger partial charge in [-0.2, -0.15) is 0 Å². The van der Waals surface area contributed by atoms with Crippen LogP contribution in [0.15, 0.2) is 70.8 Å². The molecule has 8 heteroatoms. The Kier molecular flexibility index (Phi) is 4.89. The van der Waals surface area contributed by atoms with Gasteiger partial charge in [-0.15, -0.1) is 0 Å². The van der Waals surface area contributed by atoms with Gasteiger partial charge in [0.1, 0.15) is 17.2 Å². The molecule has 0 saturated carbocycles. The first-order chi connectivity index (χ1) is 14.4. The van der Waals surface area contributed by atoms with E-state index in [1.807, 2.05) is 30.3 Å². The van der Waals surface area contributed by atoms with E-state index in [-0.39, 0.29) is 17.9 Å². The van der Waals surface area contributed by atoms with E-state index in [4.69, 9.17) is 4.42 Å². The number of hydrogen-bond donors (Lipinski definition) is 1. The second-order valence-electron chi connectivity index (χ2n) is 6.82. The molecule has 1 saturated heterocycles. The first kappa shape index (κ1) is 19.1. The number of nitro benzene ring substituents is 1. The average Bonchev–Trinajstić information content (AvgIpc) is 3.29. The molecule has 30 heavy (non-hydrogen) atoms. The molecule has 1 fully saturated rings. The summed E-state index contributed by atoms with van der Waals surface area (Å²) in [6.07, 6.45) is 1.47. The summed E-state index contributed by atoms with van der Waals surface area (Å²) in [7, 11) is 0. The molecule has 1 aliphatic rings. The van der Waals surface area contributed by atoms with Gasteiger partial charge in [-0.1, -0.05) is 30.3 Å². The summed E-state index contributed by atoms with van der Waals surface area (Å²) in [4.78, 5) is 36.4. The number of nitrogens with zero attached hydrogens (tertiary/aromatic N) is 2. The molecule has 1 aromatic heterocycles. The molecule has 1 aliphatic heterocycles. The van der Waals surface area contributed by atoms with E-state index >= 15 is 0 Å². The van der Waals surface area contributed by atoms with E-state index in [1.54, 1.807) is 25.1 Å². The van der Waals surface area contributed by atoms with Crippen molar-refractivity contribution in [1.29, 1.82) is 0 Å². The summed E-state index contributed by atoms with van der Waals surface area (Å²) in [5.41, 5.74) is 2.37. The molecule has 0 spiro atoms. The fraction of sp³-hybridized carbons (Fsp3) is 0.0909. The number of amides is 3. The molecule has 1 N–H and O–H groups in total. The second kappa shape index (κ2) is 7.67. The monoisotopic (exact) mass is 403 g/mol. The second-order valence-corrected chi connectivity index (χ2v) is 6.82. The van der Waals surface area contributed by atoms with Crippen molar-refractivity contribution < 1.29 is 18.9 Å². The third-order valence-electron chi connectivity index (χ3n) is 4.75. The Balaban J connectivity index is 1.55. The standard InChI is InChI=1S/C22H17N3O5/c1-14-11-16(25(28)29)7-9-18(14)20-10-8-17(30-20)12-19-21(26)24(22(27)23-19)13-15-5-3-2-4-6-15/h2-12H,13H2,1H3,(H,23,27)/b19-12-. The quantitative estimate of drug-likeness (QED) is 0.297. The zero-order chi connectivity index (χ0) is 21.3. The van der Waals surface area contributed by atoms with E-state index in [1.165, 1.54) is 18.2 Å². The summed E-state index contributed by atoms with van der Waals surface area (Å²) in [5, 5.41) is 13.5. The number of rotatable bonds is 5. The van der Waals surface area contributed by atoms with Crippen LogP contribution in [0.1, 0.15) is 16.9 Å². The van der Waals surface area contributed by atoms with Gasteiger partial charge in [-0.3, -0.25) is 19.8 Å². The van der Waals surface area contributed by atoms with Gasteiger partial charge < -0.3 is 9.73 Å². The minimum absolute atomic E-state index is 0.00270. The number of urea groups is 1. The number of aryl methyl sites for hydroxylation is 1. The van der Waals surface area contributed by atoms with Gasteiger partial charge in [0, 0.05) is 23.8 Å². The van der Waals surface area contributed by atoms with Crippen LogP contribution in [0.25, 0.3) is 17.4 Å². The van der Waals surface area contributed by atoms with E-state index in [2.05, 4.69) is 5.32 Å². The topological polar surface area (TPSA) is 106 Å². The molecule has 3 amide bonds. The van der Waals surface area contributed by atoms with Crippen molar-refractivity contribution in [2.45, 2.75) is 13.5 Å². The molecule has 0 radical (unpaired) electrons. The normalized spacial score (nSPS) is 15.0. The highest BCUT2D eigenvalue weighted by molar-refractivity contribution is 6.13. The Morgan fingerprint density at radius 1 is 1.10 bits per heavy atom. The highest BCUT2D eigenvalue weighted by atomic mass is 16.6. The number of imide groups is 1. The number of non-ortho nitro benzene ring substituents is 1. The average molecular weight is 403 g/mol. The Labute approximate surface area is 171 Å². The molecular formula is C22H17N3O5. The Bertz CT molecular complexity index is 1180. The molecule has 2 heterocycles. The summed E-state index contributed by atoms with van der Waals surface area (Å²) in [6, 6.07) is 16.6. The number of benzene rings is 2. The van der Waals surface area contributed by atoms with Crippen LogP contribution in [0, 0.1) is 17.0 Å². The maximum absolute atomic E-state index is 12.6. The predicted molar refractivity (Wildman–Crippen MR) is 109 cm³/mol. The molecular weight excluding hydrogens is 386 g/mol. The zero-order valence-electron chi connectivity index (χ0n) is 16.0. The van der Waals surface area contributed by atoms with Crippen LogP contribution < -0.4 is 5.32 Å². The van der Waals surface area contributed by atoms with E-state index in [0.717, 1.165) is 10.5 Å². The van der Waals surface area contributed by atoms with Crippen LogP contribution in [0.4, 0.5) is 10.5 Å². The lowest BCUT2D eigenvalue weighted by molar-refractivity contribution is -0.384. The van der Waals surface area contributed by atoms with E-state index < -0.39 is 16.9 Å². The van der Waals surface area contributed by atoms with Crippen LogP contribution in [0.5, 0.6) is 0 Å². The molecule has 0 bridgehead atoms. The number of carbonyl (C=O) groups is 2. The molecule has 0 unspecified atom stereocenters. The van der Waals surface area contributed by atoms with Crippen molar-refractivity contribution in [2.24, 2.45) is 0 Å². The van der Waals surface area contributed by atoms with Crippen LogP contribution in [0.3, 0.4) is 0 Å². The van der Waals surface area contributed by atoms with Crippen LogP contribution in [-0.4, -0.2) is 21.8 Å². The SMILES string of the molecule is Cc1cc([N+](=O)[O-])ccc1-c1ccc(/C=C2\NC(=O)N(Cc3ccccc3)C2=O)o1. The first-order valence-electron chi connectivity index (χ1n) is 9.16. The van der Waals surface area contributed by atoms with Gasteiger partial charge in [0.2, 0.25) is 0 Å². The molecule has 3 aromatic rings. The highest BCUT2D eigenvalue weighted by Crippen LogP contribution is 2.29. The third kappa shape index (κ3) is 3.70. The number of nitrogens with one attached hydrogen (secondary N) is 1. The molecule has 0 atom stereocenters. The van der Waals surface area contributed by atoms with Gasteiger partial charge in [-0.05, 0) is 36.2 Å². The highest BCUT2D eigenvalue weighted by Gasteiger charge is 2.33. The summed E-state index contributed by atoms with van der Waals surface area (Å²) in [5.74, 6) is 0.452. The van der Waals surface area contributed by atoms with Gasteiger partial charge in [0.05, 0.1) is 11.5 Å². The van der Waals surface area contributed by atoms with E-state index in [0.29, 0.717) is 22.6 Å². The van der Waals surface area contributed by atoms with Crippen molar-refractivity contribution in [2.75, 3.05) is 0 Å². The molecule has 150 valence electrons. The lowest BCUT2D eigenvalue weighted by Crippen LogP contribution is -2.30. The Morgan fingerprint density at radius 3 is 2.57 bits per heavy atom. The molecule has 4 rings (SSSR count). The fourth-order valence-electron chi connectivity index (χ4n) is 3.24. The van der Waals surface area contributed by atoms with Crippen LogP contribution in [-0.2, 0) is 11.3 Å². The van der Waals surface area contributed by atoms with Crippen molar-refractivity contribution >= 4 is 23.7 Å². The van der Waals surface area contributed by atoms with Gasteiger partial charge in [0.15, 0.2) is 0 Å². The van der Waals surface area contributed by atoms with Crippen molar-refractivity contribution in [1.82, 2.24) is 10.2 Å². The lowest BCUT2D eigenvalue weighted by Gasteiger charge is -2.11. The minimum Gasteiger partial charge on any atom is -0.457 e. The molecule has 8 nitrogen and oxygen atoms in total. The van der Waals surface area contributed by atoms with Gasteiger partial charge in [0.25, 0.3) is 11.6 Å². The largest absolute Gasteiger partial charge is 0.457 e. The van der Waals surface area contributed by atoms with Gasteiger partial charge >= 0.3 is 6.03 Å². The van der Waals surface area contributed by atoms with Crippen molar-refractivity contribution in [3.63, 3.8) is 0 Å². The zero-order valence-corrected chi connectivity index (χ0v) is 16.0. The minimum atomic E-state index is -0.493. The fourth-order valence-corrected chi connectivity index (χ4v) is 3.24. The third-order valence-corrected chi connectivity index (χ3v) is 4.75. The predicted octanol–water partition coefficient (Wildman–Crippen LogP) is 4.26. The van der Waals surface area contributed by atoms with Crippen molar-refractivity contribution in [3.8, 4) is 11.3 Å². The van der Waals surface area contributed by atoms with Crippen LogP contribution >= 0.6 is 0 Å². The van der Waals surface area contributed by atoms with Crippen molar-refractivity contribution in [3.05, 3.63) is 93.4 Å². The number of hydrogen-bond acceptors (Lipinski definition) is 5. The lowest BCUT2D eigenvalue weighted by atomic mass is 10.1. The van der Waals surface area contributed by atoms with Gasteiger partial charge in [-0.25, -0.2) is 4.79 Å². The Morgan fingerprint density at radius 2 is 1.87 bits per heavy atom. The molecule has 2 aromatic carbocycles. The maximum Gasteiger partial charge on any atom is 0.329 e. The number of furan rings is 1. The Hall–Kier alpha value is -4.20.